The van der Waals surface area contributed by atoms with Crippen LogP contribution in [0.3, 0.4) is 0 Å². The number of para-hydroxylation sites is 1. The molecule has 1 fully saturated rings. The molecule has 5 nitrogen and oxygen atoms in total. The van der Waals surface area contributed by atoms with Crippen LogP contribution in [0.1, 0.15) is 31.7 Å². The standard InChI is InChI=1S/C19H29N3O2/c1-3-12-24-18-11-6-5-8-16(18)14-22-19(20-4-2)21-13-15-9-7-10-17(15)23/h3,5-6,8,11,15,17,23H,1,4,7,9-10,12-14H2,2H3,(H2,20,21,22). The van der Waals surface area contributed by atoms with Crippen molar-refractivity contribution < 1.29 is 9.84 Å². The number of rotatable bonds is 8. The predicted octanol–water partition coefficient (Wildman–Crippen LogP) is 2.47. The molecule has 0 radical (unpaired) electrons. The zero-order valence-electron chi connectivity index (χ0n) is 14.5. The lowest BCUT2D eigenvalue weighted by Crippen LogP contribution is -2.41. The number of nitrogens with one attached hydrogen (secondary N) is 2. The van der Waals surface area contributed by atoms with E-state index in [0.29, 0.717) is 19.1 Å². The van der Waals surface area contributed by atoms with Gasteiger partial charge in [0, 0.05) is 24.6 Å². The van der Waals surface area contributed by atoms with E-state index in [1.807, 2.05) is 31.2 Å². The van der Waals surface area contributed by atoms with E-state index in [4.69, 9.17) is 4.74 Å². The Kier molecular flexibility index (Phi) is 7.62. The first-order valence-corrected chi connectivity index (χ1v) is 8.76. The van der Waals surface area contributed by atoms with E-state index in [-0.39, 0.29) is 6.10 Å². The van der Waals surface area contributed by atoms with Crippen molar-refractivity contribution in [1.82, 2.24) is 10.6 Å². The number of nitrogens with zero attached hydrogens (tertiary/aromatic N) is 1. The van der Waals surface area contributed by atoms with Crippen LogP contribution in [0, 0.1) is 5.92 Å². The van der Waals surface area contributed by atoms with Gasteiger partial charge in [-0.15, -0.1) is 0 Å². The fourth-order valence-corrected chi connectivity index (χ4v) is 2.91. The Morgan fingerprint density at radius 1 is 1.38 bits per heavy atom. The zero-order chi connectivity index (χ0) is 17.2. The molecule has 0 spiro atoms. The Morgan fingerprint density at radius 2 is 2.21 bits per heavy atom. The van der Waals surface area contributed by atoms with Gasteiger partial charge >= 0.3 is 0 Å². The molecule has 0 bridgehead atoms. The highest BCUT2D eigenvalue weighted by molar-refractivity contribution is 5.79. The van der Waals surface area contributed by atoms with Gasteiger partial charge in [-0.2, -0.15) is 0 Å². The van der Waals surface area contributed by atoms with Crippen molar-refractivity contribution in [3.8, 4) is 5.75 Å². The van der Waals surface area contributed by atoms with Crippen LogP contribution in [0.15, 0.2) is 41.9 Å². The van der Waals surface area contributed by atoms with Crippen molar-refractivity contribution in [2.24, 2.45) is 10.9 Å². The molecule has 1 aliphatic rings. The second-order valence-electron chi connectivity index (χ2n) is 6.04. The quantitative estimate of drug-likeness (QED) is 0.389. The molecule has 0 aliphatic heterocycles. The Hall–Kier alpha value is -2.01. The minimum Gasteiger partial charge on any atom is -0.489 e. The molecule has 1 saturated carbocycles. The Bertz CT molecular complexity index is 545. The van der Waals surface area contributed by atoms with E-state index in [2.05, 4.69) is 22.2 Å². The van der Waals surface area contributed by atoms with E-state index in [1.165, 1.54) is 0 Å². The number of hydrogen-bond donors (Lipinski definition) is 3. The molecule has 5 heteroatoms. The van der Waals surface area contributed by atoms with Crippen molar-refractivity contribution in [2.45, 2.75) is 38.8 Å². The van der Waals surface area contributed by atoms with Gasteiger partial charge in [0.05, 0.1) is 12.6 Å². The lowest BCUT2D eigenvalue weighted by atomic mass is 10.1. The molecule has 3 N–H and O–H groups in total. The largest absolute Gasteiger partial charge is 0.489 e. The molecule has 0 saturated heterocycles. The fraction of sp³-hybridized carbons (Fsp3) is 0.526. The summed E-state index contributed by atoms with van der Waals surface area (Å²) >= 11 is 0. The zero-order valence-corrected chi connectivity index (χ0v) is 14.5. The minimum absolute atomic E-state index is 0.187. The number of ether oxygens (including phenoxy) is 1. The molecule has 1 aromatic rings. The molecule has 1 aliphatic carbocycles. The molecule has 0 heterocycles. The SMILES string of the molecule is C=CCOc1ccccc1CN=C(NCC)NCC1CCCC1O. The summed E-state index contributed by atoms with van der Waals surface area (Å²) < 4.78 is 5.67. The van der Waals surface area contributed by atoms with E-state index >= 15 is 0 Å². The number of guanidine groups is 1. The summed E-state index contributed by atoms with van der Waals surface area (Å²) in [6.07, 6.45) is 4.64. The summed E-state index contributed by atoms with van der Waals surface area (Å²) in [6.45, 7) is 8.30. The van der Waals surface area contributed by atoms with Gasteiger partial charge in [-0.05, 0) is 25.8 Å². The molecular formula is C19H29N3O2. The molecule has 1 aromatic carbocycles. The van der Waals surface area contributed by atoms with Crippen LogP contribution in [0.25, 0.3) is 0 Å². The number of aliphatic hydroxyl groups is 1. The summed E-state index contributed by atoms with van der Waals surface area (Å²) in [5, 5.41) is 16.5. The van der Waals surface area contributed by atoms with Crippen molar-refractivity contribution in [1.29, 1.82) is 0 Å². The number of benzene rings is 1. The smallest absolute Gasteiger partial charge is 0.191 e. The van der Waals surface area contributed by atoms with Gasteiger partial charge in [-0.3, -0.25) is 0 Å². The van der Waals surface area contributed by atoms with Gasteiger partial charge in [0.1, 0.15) is 12.4 Å². The van der Waals surface area contributed by atoms with Gasteiger partial charge in [0.25, 0.3) is 0 Å². The topological polar surface area (TPSA) is 65.9 Å². The average Bonchev–Trinajstić information content (AvgIpc) is 3.01. The van der Waals surface area contributed by atoms with Crippen LogP contribution < -0.4 is 15.4 Å². The fourth-order valence-electron chi connectivity index (χ4n) is 2.91. The van der Waals surface area contributed by atoms with Crippen LogP contribution in [-0.2, 0) is 6.54 Å². The second-order valence-corrected chi connectivity index (χ2v) is 6.04. The van der Waals surface area contributed by atoms with E-state index < -0.39 is 0 Å². The molecule has 24 heavy (non-hydrogen) atoms. The number of aliphatic hydroxyl groups excluding tert-OH is 1. The summed E-state index contributed by atoms with van der Waals surface area (Å²) in [6, 6.07) is 7.91. The van der Waals surface area contributed by atoms with E-state index in [0.717, 1.165) is 49.6 Å². The van der Waals surface area contributed by atoms with Crippen LogP contribution in [0.5, 0.6) is 5.75 Å². The second kappa shape index (κ2) is 9.98. The maximum atomic E-state index is 9.93. The lowest BCUT2D eigenvalue weighted by Gasteiger charge is -2.18. The van der Waals surface area contributed by atoms with Gasteiger partial charge in [0.2, 0.25) is 0 Å². The summed E-state index contributed by atoms with van der Waals surface area (Å²) in [7, 11) is 0. The highest BCUT2D eigenvalue weighted by atomic mass is 16.5. The maximum absolute atomic E-state index is 9.93. The van der Waals surface area contributed by atoms with Gasteiger partial charge in [-0.25, -0.2) is 4.99 Å². The van der Waals surface area contributed by atoms with E-state index in [1.54, 1.807) is 6.08 Å². The molecule has 132 valence electrons. The van der Waals surface area contributed by atoms with Gasteiger partial charge < -0.3 is 20.5 Å². The molecule has 2 rings (SSSR count). The van der Waals surface area contributed by atoms with Crippen molar-refractivity contribution in [3.63, 3.8) is 0 Å². The summed E-state index contributed by atoms with van der Waals surface area (Å²) in [5.41, 5.74) is 1.04. The first-order valence-electron chi connectivity index (χ1n) is 8.76. The highest BCUT2D eigenvalue weighted by Gasteiger charge is 2.24. The third kappa shape index (κ3) is 5.57. The monoisotopic (exact) mass is 331 g/mol. The van der Waals surface area contributed by atoms with Crippen molar-refractivity contribution in [3.05, 3.63) is 42.5 Å². The van der Waals surface area contributed by atoms with Crippen LogP contribution in [0.4, 0.5) is 0 Å². The van der Waals surface area contributed by atoms with Crippen molar-refractivity contribution >= 4 is 5.96 Å². The van der Waals surface area contributed by atoms with Crippen LogP contribution >= 0.6 is 0 Å². The number of aliphatic imine (C=N–C) groups is 1. The first-order chi connectivity index (χ1) is 11.7. The van der Waals surface area contributed by atoms with Crippen molar-refractivity contribution in [2.75, 3.05) is 19.7 Å². The average molecular weight is 331 g/mol. The Morgan fingerprint density at radius 3 is 2.92 bits per heavy atom. The molecule has 0 amide bonds. The van der Waals surface area contributed by atoms with Gasteiger partial charge in [-0.1, -0.05) is 37.3 Å². The van der Waals surface area contributed by atoms with Gasteiger partial charge in [0.15, 0.2) is 5.96 Å². The molecule has 2 atom stereocenters. The molecule has 2 unspecified atom stereocenters. The predicted molar refractivity (Wildman–Crippen MR) is 98.3 cm³/mol. The Labute approximate surface area is 144 Å². The van der Waals surface area contributed by atoms with Crippen LogP contribution in [-0.4, -0.2) is 36.9 Å². The molecule has 0 aromatic heterocycles. The third-order valence-electron chi connectivity index (χ3n) is 4.23. The third-order valence-corrected chi connectivity index (χ3v) is 4.23. The van der Waals surface area contributed by atoms with E-state index in [9.17, 15) is 5.11 Å². The normalized spacial score (nSPS) is 20.7. The maximum Gasteiger partial charge on any atom is 0.191 e. The Balaban J connectivity index is 1.96. The minimum atomic E-state index is -0.187. The first kappa shape index (κ1) is 18.3. The highest BCUT2D eigenvalue weighted by Crippen LogP contribution is 2.24. The molecular weight excluding hydrogens is 302 g/mol. The number of hydrogen-bond acceptors (Lipinski definition) is 3. The lowest BCUT2D eigenvalue weighted by molar-refractivity contribution is 0.134. The van der Waals surface area contributed by atoms with Crippen LogP contribution in [0.2, 0.25) is 0 Å². The summed E-state index contributed by atoms with van der Waals surface area (Å²) in [5.74, 6) is 1.93. The summed E-state index contributed by atoms with van der Waals surface area (Å²) in [4.78, 5) is 4.65.